The number of rotatable bonds is 2. The molecule has 3 N–H and O–H groups in total. The maximum absolute atomic E-state index is 11.0. The molecule has 0 radical (unpaired) electrons. The van der Waals surface area contributed by atoms with Crippen molar-refractivity contribution in [1.82, 2.24) is 9.88 Å². The molecular formula is C11H14BrClN4O. The number of nitrogens with two attached hydrogens (primary N) is 1. The molecule has 1 aromatic heterocycles. The van der Waals surface area contributed by atoms with Gasteiger partial charge < -0.3 is 16.0 Å². The predicted molar refractivity (Wildman–Crippen MR) is 74.7 cm³/mol. The van der Waals surface area contributed by atoms with Crippen molar-refractivity contribution >= 4 is 39.2 Å². The molecule has 0 atom stereocenters. The lowest BCUT2D eigenvalue weighted by Crippen LogP contribution is -2.44. The third-order valence-electron chi connectivity index (χ3n) is 2.97. The van der Waals surface area contributed by atoms with Crippen LogP contribution in [0.3, 0.4) is 0 Å². The lowest BCUT2D eigenvalue weighted by atomic mass is 10.1. The van der Waals surface area contributed by atoms with Gasteiger partial charge in [0.25, 0.3) is 0 Å². The van der Waals surface area contributed by atoms with Crippen LogP contribution in [0.1, 0.15) is 12.8 Å². The zero-order chi connectivity index (χ0) is 13.1. The van der Waals surface area contributed by atoms with Crippen molar-refractivity contribution in [2.24, 2.45) is 5.73 Å². The topological polar surface area (TPSA) is 71.2 Å². The van der Waals surface area contributed by atoms with Crippen LogP contribution in [0.5, 0.6) is 0 Å². The number of aromatic nitrogens is 1. The van der Waals surface area contributed by atoms with Gasteiger partial charge in [0.05, 0.1) is 16.4 Å². The molecule has 2 rings (SSSR count). The standard InChI is InChI=1S/C11H14BrClN4O/c12-9-5-8(6-15-10(9)13)16-7-1-3-17(4-2-7)11(14)18/h5-7,16H,1-4H2,(H2,14,18). The molecular weight excluding hydrogens is 320 g/mol. The first kappa shape index (κ1) is 13.4. The molecule has 98 valence electrons. The smallest absolute Gasteiger partial charge is 0.314 e. The second kappa shape index (κ2) is 5.75. The Bertz CT molecular complexity index is 449. The van der Waals surface area contributed by atoms with E-state index in [1.807, 2.05) is 6.07 Å². The van der Waals surface area contributed by atoms with Crippen molar-refractivity contribution < 1.29 is 4.79 Å². The van der Waals surface area contributed by atoms with E-state index in [-0.39, 0.29) is 6.03 Å². The highest BCUT2D eigenvalue weighted by atomic mass is 79.9. The van der Waals surface area contributed by atoms with E-state index in [2.05, 4.69) is 26.2 Å². The lowest BCUT2D eigenvalue weighted by Gasteiger charge is -2.31. The van der Waals surface area contributed by atoms with Crippen molar-refractivity contribution in [3.05, 3.63) is 21.9 Å². The number of carbonyl (C=O) groups is 1. The van der Waals surface area contributed by atoms with E-state index in [0.29, 0.717) is 24.3 Å². The minimum atomic E-state index is -0.343. The summed E-state index contributed by atoms with van der Waals surface area (Å²) in [6, 6.07) is 1.88. The first-order valence-corrected chi connectivity index (χ1v) is 6.85. The van der Waals surface area contributed by atoms with Gasteiger partial charge in [0.2, 0.25) is 0 Å². The number of likely N-dealkylation sites (tertiary alicyclic amines) is 1. The van der Waals surface area contributed by atoms with E-state index >= 15 is 0 Å². The molecule has 2 amide bonds. The number of primary amides is 1. The molecule has 0 spiro atoms. The van der Waals surface area contributed by atoms with Gasteiger partial charge in [0, 0.05) is 19.1 Å². The second-order valence-corrected chi connectivity index (χ2v) is 5.45. The molecule has 1 fully saturated rings. The van der Waals surface area contributed by atoms with Gasteiger partial charge in [0.1, 0.15) is 5.15 Å². The van der Waals surface area contributed by atoms with E-state index in [0.717, 1.165) is 23.0 Å². The van der Waals surface area contributed by atoms with Crippen LogP contribution in [0, 0.1) is 0 Å². The first-order chi connectivity index (χ1) is 8.56. The SMILES string of the molecule is NC(=O)N1CCC(Nc2cnc(Cl)c(Br)c2)CC1. The highest BCUT2D eigenvalue weighted by Crippen LogP contribution is 2.24. The maximum atomic E-state index is 11.0. The molecule has 1 aliphatic rings. The van der Waals surface area contributed by atoms with Crippen LogP contribution in [0.15, 0.2) is 16.7 Å². The fourth-order valence-corrected chi connectivity index (χ4v) is 2.43. The van der Waals surface area contributed by atoms with E-state index in [1.54, 1.807) is 11.1 Å². The average molecular weight is 334 g/mol. The predicted octanol–water partition coefficient (Wildman–Crippen LogP) is 2.45. The number of urea groups is 1. The third kappa shape index (κ3) is 3.26. The van der Waals surface area contributed by atoms with Gasteiger partial charge in [-0.15, -0.1) is 0 Å². The van der Waals surface area contributed by atoms with Crippen LogP contribution in [0.25, 0.3) is 0 Å². The van der Waals surface area contributed by atoms with Gasteiger partial charge in [-0.2, -0.15) is 0 Å². The number of nitrogens with one attached hydrogen (secondary N) is 1. The van der Waals surface area contributed by atoms with Crippen LogP contribution in [-0.4, -0.2) is 35.0 Å². The van der Waals surface area contributed by atoms with Crippen LogP contribution >= 0.6 is 27.5 Å². The molecule has 2 heterocycles. The lowest BCUT2D eigenvalue weighted by molar-refractivity contribution is 0.193. The largest absolute Gasteiger partial charge is 0.381 e. The van der Waals surface area contributed by atoms with Crippen LogP contribution in [-0.2, 0) is 0 Å². The monoisotopic (exact) mass is 332 g/mol. The number of nitrogens with zero attached hydrogens (tertiary/aromatic N) is 2. The Balaban J connectivity index is 1.91. The Morgan fingerprint density at radius 2 is 2.22 bits per heavy atom. The van der Waals surface area contributed by atoms with E-state index < -0.39 is 0 Å². The number of piperidine rings is 1. The summed E-state index contributed by atoms with van der Waals surface area (Å²) in [5.41, 5.74) is 6.16. The fraction of sp³-hybridized carbons (Fsp3) is 0.455. The Morgan fingerprint density at radius 3 is 2.78 bits per heavy atom. The van der Waals surface area contributed by atoms with Gasteiger partial charge in [-0.3, -0.25) is 0 Å². The molecule has 5 nitrogen and oxygen atoms in total. The molecule has 1 aromatic rings. The highest BCUT2D eigenvalue weighted by molar-refractivity contribution is 9.10. The fourth-order valence-electron chi connectivity index (χ4n) is 1.98. The number of halogens is 2. The highest BCUT2D eigenvalue weighted by Gasteiger charge is 2.21. The molecule has 7 heteroatoms. The minimum absolute atomic E-state index is 0.329. The number of hydrogen-bond donors (Lipinski definition) is 2. The number of pyridine rings is 1. The third-order valence-corrected chi connectivity index (χ3v) is 4.11. The number of amides is 2. The maximum Gasteiger partial charge on any atom is 0.314 e. The summed E-state index contributed by atoms with van der Waals surface area (Å²) in [6.07, 6.45) is 3.46. The summed E-state index contributed by atoms with van der Waals surface area (Å²) in [6.45, 7) is 1.38. The van der Waals surface area contributed by atoms with E-state index in [1.165, 1.54) is 0 Å². The summed E-state index contributed by atoms with van der Waals surface area (Å²) in [4.78, 5) is 16.7. The van der Waals surface area contributed by atoms with Crippen molar-refractivity contribution in [3.8, 4) is 0 Å². The Kier molecular flexibility index (Phi) is 4.29. The van der Waals surface area contributed by atoms with Crippen LogP contribution in [0.4, 0.5) is 10.5 Å². The average Bonchev–Trinajstić information content (AvgIpc) is 2.34. The quantitative estimate of drug-likeness (QED) is 0.817. The Labute approximate surface area is 119 Å². The second-order valence-electron chi connectivity index (χ2n) is 4.24. The van der Waals surface area contributed by atoms with Gasteiger partial charge in [-0.05, 0) is 34.8 Å². The molecule has 0 aromatic carbocycles. The molecule has 18 heavy (non-hydrogen) atoms. The van der Waals surface area contributed by atoms with Gasteiger partial charge in [0.15, 0.2) is 0 Å². The number of hydrogen-bond acceptors (Lipinski definition) is 3. The van der Waals surface area contributed by atoms with Gasteiger partial charge >= 0.3 is 6.03 Å². The summed E-state index contributed by atoms with van der Waals surface area (Å²) in [5.74, 6) is 0. The summed E-state index contributed by atoms with van der Waals surface area (Å²) >= 11 is 9.17. The van der Waals surface area contributed by atoms with Crippen LogP contribution in [0.2, 0.25) is 5.15 Å². The van der Waals surface area contributed by atoms with Crippen molar-refractivity contribution in [1.29, 1.82) is 0 Å². The molecule has 0 saturated carbocycles. The van der Waals surface area contributed by atoms with Gasteiger partial charge in [-0.1, -0.05) is 11.6 Å². The van der Waals surface area contributed by atoms with Crippen molar-refractivity contribution in [3.63, 3.8) is 0 Å². The minimum Gasteiger partial charge on any atom is -0.381 e. The normalized spacial score (nSPS) is 16.7. The van der Waals surface area contributed by atoms with Crippen LogP contribution < -0.4 is 11.1 Å². The Morgan fingerprint density at radius 1 is 1.56 bits per heavy atom. The molecule has 1 aliphatic heterocycles. The summed E-state index contributed by atoms with van der Waals surface area (Å²) < 4.78 is 0.767. The number of carbonyl (C=O) groups excluding carboxylic acids is 1. The summed E-state index contributed by atoms with van der Waals surface area (Å²) in [7, 11) is 0. The summed E-state index contributed by atoms with van der Waals surface area (Å²) in [5, 5.41) is 3.83. The molecule has 1 saturated heterocycles. The van der Waals surface area contributed by atoms with Crippen molar-refractivity contribution in [2.75, 3.05) is 18.4 Å². The molecule has 0 bridgehead atoms. The van der Waals surface area contributed by atoms with E-state index in [4.69, 9.17) is 17.3 Å². The molecule has 0 aliphatic carbocycles. The van der Waals surface area contributed by atoms with Gasteiger partial charge in [-0.25, -0.2) is 9.78 Å². The molecule has 0 unspecified atom stereocenters. The Hall–Kier alpha value is -1.01. The number of anilines is 1. The van der Waals surface area contributed by atoms with E-state index in [9.17, 15) is 4.79 Å². The zero-order valence-electron chi connectivity index (χ0n) is 9.70. The van der Waals surface area contributed by atoms with Crippen molar-refractivity contribution in [2.45, 2.75) is 18.9 Å². The first-order valence-electron chi connectivity index (χ1n) is 5.68. The zero-order valence-corrected chi connectivity index (χ0v) is 12.0.